The number of benzene rings is 3. The van der Waals surface area contributed by atoms with Crippen LogP contribution in [0.4, 0.5) is 5.69 Å². The maximum Gasteiger partial charge on any atom is 0.282 e. The lowest BCUT2D eigenvalue weighted by Gasteiger charge is -2.22. The molecular weight excluding hydrogens is 484 g/mol. The van der Waals surface area contributed by atoms with Gasteiger partial charge in [-0.05, 0) is 37.1 Å². The first-order chi connectivity index (χ1) is 18.3. The summed E-state index contributed by atoms with van der Waals surface area (Å²) in [6.07, 6.45) is 1.44. The highest BCUT2D eigenvalue weighted by atomic mass is 16.6. The fourth-order valence-corrected chi connectivity index (χ4v) is 4.26. The van der Waals surface area contributed by atoms with E-state index in [1.165, 1.54) is 33.8 Å². The Kier molecular flexibility index (Phi) is 7.96. The average Bonchev–Trinajstić information content (AvgIpc) is 3.28. The van der Waals surface area contributed by atoms with Gasteiger partial charge in [0.1, 0.15) is 5.56 Å². The molecule has 1 aromatic heterocycles. The smallest absolute Gasteiger partial charge is 0.282 e. The molecular formula is C29H28N4O5. The van der Waals surface area contributed by atoms with E-state index in [1.807, 2.05) is 50.2 Å². The van der Waals surface area contributed by atoms with Crippen molar-refractivity contribution in [1.82, 2.24) is 14.7 Å². The number of hydrogen-bond acceptors (Lipinski definition) is 5. The number of nitro benzene ring substituents is 1. The minimum atomic E-state index is -0.539. The lowest BCUT2D eigenvalue weighted by atomic mass is 10.0. The summed E-state index contributed by atoms with van der Waals surface area (Å²) in [5, 5.41) is 14.1. The first-order valence-electron chi connectivity index (χ1n) is 12.3. The highest BCUT2D eigenvalue weighted by Gasteiger charge is 2.27. The highest BCUT2D eigenvalue weighted by Crippen LogP contribution is 2.23. The lowest BCUT2D eigenvalue weighted by Crippen LogP contribution is -2.38. The van der Waals surface area contributed by atoms with Crippen molar-refractivity contribution in [2.24, 2.45) is 0 Å². The number of rotatable bonds is 10. The molecule has 0 aliphatic rings. The van der Waals surface area contributed by atoms with E-state index in [0.29, 0.717) is 29.9 Å². The number of H-pyrrole nitrogens is 1. The number of aromatic amines is 1. The van der Waals surface area contributed by atoms with E-state index in [9.17, 15) is 24.5 Å². The molecule has 0 aliphatic heterocycles. The molecule has 0 fully saturated rings. The van der Waals surface area contributed by atoms with E-state index in [1.54, 1.807) is 18.2 Å². The van der Waals surface area contributed by atoms with E-state index in [2.05, 4.69) is 5.10 Å². The molecule has 1 heterocycles. The minimum absolute atomic E-state index is 0.0301. The van der Waals surface area contributed by atoms with Gasteiger partial charge in [-0.15, -0.1) is 0 Å². The number of nitro groups is 1. The molecule has 0 atom stereocenters. The second kappa shape index (κ2) is 11.5. The third kappa shape index (κ3) is 5.46. The van der Waals surface area contributed by atoms with Gasteiger partial charge in [-0.1, -0.05) is 61.9 Å². The van der Waals surface area contributed by atoms with Gasteiger partial charge in [0.2, 0.25) is 0 Å². The van der Waals surface area contributed by atoms with Crippen molar-refractivity contribution in [2.75, 3.05) is 13.1 Å². The second-order valence-electron chi connectivity index (χ2n) is 8.96. The first kappa shape index (κ1) is 26.3. The number of para-hydroxylation sites is 1. The number of nitrogens with zero attached hydrogens (tertiary/aromatic N) is 3. The van der Waals surface area contributed by atoms with Gasteiger partial charge >= 0.3 is 0 Å². The van der Waals surface area contributed by atoms with Gasteiger partial charge in [-0.3, -0.25) is 29.6 Å². The Morgan fingerprint density at radius 1 is 0.974 bits per heavy atom. The number of aryl methyl sites for hydroxylation is 1. The van der Waals surface area contributed by atoms with Crippen molar-refractivity contribution in [1.29, 1.82) is 0 Å². The number of hydrogen-bond donors (Lipinski definition) is 1. The first-order valence-corrected chi connectivity index (χ1v) is 12.3. The predicted molar refractivity (Wildman–Crippen MR) is 145 cm³/mol. The van der Waals surface area contributed by atoms with Crippen molar-refractivity contribution >= 4 is 17.4 Å². The van der Waals surface area contributed by atoms with Crippen LogP contribution in [-0.4, -0.2) is 44.4 Å². The minimum Gasteiger partial charge on any atom is -0.331 e. The molecule has 3 aromatic carbocycles. The third-order valence-corrected chi connectivity index (χ3v) is 6.32. The van der Waals surface area contributed by atoms with Gasteiger partial charge < -0.3 is 4.90 Å². The summed E-state index contributed by atoms with van der Waals surface area (Å²) >= 11 is 0. The van der Waals surface area contributed by atoms with Crippen LogP contribution in [0.3, 0.4) is 0 Å². The molecule has 4 rings (SSSR count). The number of Topliss-reactive ketones (excluding diaryl/α,β-unsaturated/α-hetero) is 1. The molecule has 4 aromatic rings. The van der Waals surface area contributed by atoms with Gasteiger partial charge in [-0.25, -0.2) is 4.68 Å². The Labute approximate surface area is 219 Å². The van der Waals surface area contributed by atoms with Crippen LogP contribution >= 0.6 is 0 Å². The van der Waals surface area contributed by atoms with Crippen molar-refractivity contribution in [3.63, 3.8) is 0 Å². The Morgan fingerprint density at radius 3 is 2.26 bits per heavy atom. The van der Waals surface area contributed by atoms with Crippen LogP contribution in [-0.2, 0) is 0 Å². The molecule has 0 bridgehead atoms. The molecule has 38 heavy (non-hydrogen) atoms. The molecule has 0 radical (unpaired) electrons. The third-order valence-electron chi connectivity index (χ3n) is 6.32. The Hall–Kier alpha value is -4.79. The van der Waals surface area contributed by atoms with Crippen LogP contribution < -0.4 is 5.56 Å². The van der Waals surface area contributed by atoms with Crippen molar-refractivity contribution in [3.05, 3.63) is 116 Å². The number of ketones is 1. The van der Waals surface area contributed by atoms with Crippen LogP contribution in [0.25, 0.3) is 16.9 Å². The van der Waals surface area contributed by atoms with E-state index in [4.69, 9.17) is 0 Å². The Morgan fingerprint density at radius 2 is 1.63 bits per heavy atom. The zero-order valence-corrected chi connectivity index (χ0v) is 21.2. The summed E-state index contributed by atoms with van der Waals surface area (Å²) in [6.45, 7) is 3.84. The molecule has 9 heteroatoms. The van der Waals surface area contributed by atoms with Gasteiger partial charge in [0.15, 0.2) is 5.78 Å². The SMILES string of the molecule is CCCCN(CC(=O)c1c(-c2ccccc2)[nH]n(-c2ccccc2C)c1=O)C(=O)c1ccc([N+](=O)[O-])cc1. The Balaban J connectivity index is 1.74. The monoisotopic (exact) mass is 512 g/mol. The molecule has 0 saturated heterocycles. The van der Waals surface area contributed by atoms with E-state index < -0.39 is 22.2 Å². The Bertz CT molecular complexity index is 1520. The predicted octanol–water partition coefficient (Wildman–Crippen LogP) is 5.17. The number of carbonyl (C=O) groups is 2. The molecule has 0 unspecified atom stereocenters. The lowest BCUT2D eigenvalue weighted by molar-refractivity contribution is -0.384. The van der Waals surface area contributed by atoms with Crippen molar-refractivity contribution in [3.8, 4) is 16.9 Å². The molecule has 194 valence electrons. The summed E-state index contributed by atoms with van der Waals surface area (Å²) in [4.78, 5) is 52.5. The van der Waals surface area contributed by atoms with Gasteiger partial charge in [0.25, 0.3) is 17.2 Å². The van der Waals surface area contributed by atoms with E-state index in [-0.39, 0.29) is 23.4 Å². The quantitative estimate of drug-likeness (QED) is 0.179. The molecule has 1 amide bonds. The summed E-state index contributed by atoms with van der Waals surface area (Å²) in [5.41, 5.74) is 2.09. The van der Waals surface area contributed by atoms with Gasteiger partial charge in [0.05, 0.1) is 22.8 Å². The van der Waals surface area contributed by atoms with Crippen molar-refractivity contribution in [2.45, 2.75) is 26.7 Å². The number of non-ortho nitro benzene ring substituents is 1. The van der Waals surface area contributed by atoms with Crippen LogP contribution in [0.15, 0.2) is 83.7 Å². The largest absolute Gasteiger partial charge is 0.331 e. The fraction of sp³-hybridized carbons (Fsp3) is 0.207. The molecule has 0 saturated carbocycles. The number of aromatic nitrogens is 2. The zero-order valence-electron chi connectivity index (χ0n) is 21.2. The second-order valence-corrected chi connectivity index (χ2v) is 8.96. The summed E-state index contributed by atoms with van der Waals surface area (Å²) < 4.78 is 1.36. The maximum absolute atomic E-state index is 13.7. The maximum atomic E-state index is 13.7. The molecule has 9 nitrogen and oxygen atoms in total. The topological polar surface area (TPSA) is 118 Å². The van der Waals surface area contributed by atoms with Crippen LogP contribution in [0.2, 0.25) is 0 Å². The number of nitrogens with one attached hydrogen (secondary N) is 1. The van der Waals surface area contributed by atoms with Gasteiger partial charge in [-0.2, -0.15) is 0 Å². The van der Waals surface area contributed by atoms with E-state index in [0.717, 1.165) is 12.0 Å². The average molecular weight is 513 g/mol. The molecule has 0 aliphatic carbocycles. The normalized spacial score (nSPS) is 10.8. The number of carbonyl (C=O) groups excluding carboxylic acids is 2. The van der Waals surface area contributed by atoms with Crippen LogP contribution in [0.5, 0.6) is 0 Å². The zero-order chi connectivity index (χ0) is 27.2. The summed E-state index contributed by atoms with van der Waals surface area (Å²) in [7, 11) is 0. The summed E-state index contributed by atoms with van der Waals surface area (Å²) in [5.74, 6) is -0.929. The fourth-order valence-electron chi connectivity index (χ4n) is 4.26. The number of unbranched alkanes of at least 4 members (excludes halogenated alkanes) is 1. The van der Waals surface area contributed by atoms with Crippen LogP contribution in [0, 0.1) is 17.0 Å². The highest BCUT2D eigenvalue weighted by molar-refractivity contribution is 6.05. The number of amides is 1. The molecule has 0 spiro atoms. The van der Waals surface area contributed by atoms with Crippen molar-refractivity contribution < 1.29 is 14.5 Å². The molecule has 1 N–H and O–H groups in total. The van der Waals surface area contributed by atoms with Crippen LogP contribution in [0.1, 0.15) is 46.0 Å². The standard InChI is InChI=1S/C29H28N4O5/c1-3-4-18-31(28(35)22-14-16-23(17-15-22)33(37)38)19-25(34)26-27(21-11-6-5-7-12-21)30-32(29(26)36)24-13-9-8-10-20(24)2/h5-17,30H,3-4,18-19H2,1-2H3. The summed E-state index contributed by atoms with van der Waals surface area (Å²) in [6, 6.07) is 21.7. The van der Waals surface area contributed by atoms with E-state index >= 15 is 0 Å². The van der Waals surface area contributed by atoms with Gasteiger partial charge in [0, 0.05) is 29.8 Å².